The summed E-state index contributed by atoms with van der Waals surface area (Å²) < 4.78 is 25.0. The minimum atomic E-state index is -2.78. The molecule has 2 rings (SSSR count). The van der Waals surface area contributed by atoms with Gasteiger partial charge in [-0.05, 0) is 27.0 Å². The van der Waals surface area contributed by atoms with Crippen molar-refractivity contribution in [3.8, 4) is 0 Å². The van der Waals surface area contributed by atoms with E-state index in [2.05, 4.69) is 21.8 Å². The van der Waals surface area contributed by atoms with Gasteiger partial charge in [-0.1, -0.05) is 11.8 Å². The lowest BCUT2D eigenvalue weighted by Crippen LogP contribution is -2.44. The highest BCUT2D eigenvalue weighted by Gasteiger charge is 2.33. The first kappa shape index (κ1) is 17.5. The number of ether oxygens (including phenoxy) is 1. The maximum atomic E-state index is 12.3. The smallest absolute Gasteiger partial charge is 0.189 e. The largest absolute Gasteiger partial charge is 0.377 e. The van der Waals surface area contributed by atoms with E-state index in [1.54, 1.807) is 13.8 Å². The number of aromatic nitrogens is 2. The molecule has 0 saturated carbocycles. The van der Waals surface area contributed by atoms with Crippen LogP contribution in [0.2, 0.25) is 0 Å². The van der Waals surface area contributed by atoms with Gasteiger partial charge in [0.1, 0.15) is 5.82 Å². The van der Waals surface area contributed by atoms with E-state index in [1.807, 2.05) is 12.3 Å². The van der Waals surface area contributed by atoms with Crippen LogP contribution in [0.3, 0.4) is 0 Å². The number of thioether (sulfide) groups is 1. The minimum Gasteiger partial charge on any atom is -0.377 e. The van der Waals surface area contributed by atoms with Gasteiger partial charge in [0, 0.05) is 18.9 Å². The zero-order valence-electron chi connectivity index (χ0n) is 13.8. The van der Waals surface area contributed by atoms with E-state index in [9.17, 15) is 4.21 Å². The highest BCUT2D eigenvalue weighted by molar-refractivity contribution is 7.98. The molecule has 1 aromatic rings. The van der Waals surface area contributed by atoms with Crippen LogP contribution in [0, 0.1) is 4.78 Å². The van der Waals surface area contributed by atoms with Crippen LogP contribution < -0.4 is 4.90 Å². The third-order valence-electron chi connectivity index (χ3n) is 4.13. The molecule has 0 radical (unpaired) electrons. The molecule has 8 heteroatoms. The van der Waals surface area contributed by atoms with Crippen LogP contribution in [0.15, 0.2) is 11.2 Å². The van der Waals surface area contributed by atoms with Crippen LogP contribution in [0.4, 0.5) is 5.82 Å². The predicted molar refractivity (Wildman–Crippen MR) is 91.3 cm³/mol. The topological polar surface area (TPSA) is 79.2 Å². The molecule has 1 aliphatic heterocycles. The molecule has 22 heavy (non-hydrogen) atoms. The van der Waals surface area contributed by atoms with E-state index in [0.29, 0.717) is 24.1 Å². The number of hydrogen-bond acceptors (Lipinski definition) is 7. The minimum absolute atomic E-state index is 0.233. The van der Waals surface area contributed by atoms with Crippen LogP contribution in [-0.2, 0) is 19.2 Å². The van der Waals surface area contributed by atoms with E-state index < -0.39 is 14.5 Å². The van der Waals surface area contributed by atoms with E-state index in [1.165, 1.54) is 18.0 Å². The normalized spacial score (nSPS) is 22.4. The van der Waals surface area contributed by atoms with Crippen LogP contribution >= 0.6 is 11.8 Å². The Morgan fingerprint density at radius 1 is 1.50 bits per heavy atom. The second-order valence-corrected chi connectivity index (χ2v) is 9.55. The second kappa shape index (κ2) is 6.33. The van der Waals surface area contributed by atoms with Crippen molar-refractivity contribution in [2.24, 2.45) is 0 Å². The summed E-state index contributed by atoms with van der Waals surface area (Å²) >= 11 is 1.45. The molecular formula is C14H24N4O2S2. The summed E-state index contributed by atoms with van der Waals surface area (Å²) in [5, 5.41) is 0.642. The molecule has 0 spiro atoms. The highest BCUT2D eigenvalue weighted by Crippen LogP contribution is 2.32. The number of morpholine rings is 1. The van der Waals surface area contributed by atoms with Crippen molar-refractivity contribution in [3.63, 3.8) is 0 Å². The molecule has 1 N–H and O–H groups in total. The lowest BCUT2D eigenvalue weighted by atomic mass is 10.1. The summed E-state index contributed by atoms with van der Waals surface area (Å²) in [6.07, 6.45) is 3.38. The van der Waals surface area contributed by atoms with Crippen LogP contribution in [0.25, 0.3) is 0 Å². The Labute approximate surface area is 137 Å². The fourth-order valence-corrected chi connectivity index (χ4v) is 3.10. The molecule has 124 valence electrons. The fraction of sp³-hybridized carbons (Fsp3) is 0.714. The third kappa shape index (κ3) is 3.38. The van der Waals surface area contributed by atoms with Crippen LogP contribution in [0.5, 0.6) is 0 Å². The van der Waals surface area contributed by atoms with Gasteiger partial charge in [-0.25, -0.2) is 14.2 Å². The average Bonchev–Trinajstić information content (AvgIpc) is 2.46. The van der Waals surface area contributed by atoms with Gasteiger partial charge < -0.3 is 9.64 Å². The monoisotopic (exact) mass is 344 g/mol. The highest BCUT2D eigenvalue weighted by atomic mass is 32.2. The first-order valence-corrected chi connectivity index (χ1v) is 10.4. The quantitative estimate of drug-likeness (QED) is 0.667. The van der Waals surface area contributed by atoms with Gasteiger partial charge in [-0.3, -0.25) is 4.78 Å². The molecule has 2 atom stereocenters. The molecule has 0 bridgehead atoms. The van der Waals surface area contributed by atoms with Crippen molar-refractivity contribution in [2.75, 3.05) is 37.2 Å². The summed E-state index contributed by atoms with van der Waals surface area (Å²) in [5.74, 6) is 0.821. The summed E-state index contributed by atoms with van der Waals surface area (Å²) in [5.41, 5.74) is 0.656. The molecule has 1 fully saturated rings. The Bertz CT molecular complexity index is 646. The molecule has 0 amide bonds. The third-order valence-corrected chi connectivity index (χ3v) is 6.83. The Balaban J connectivity index is 2.51. The van der Waals surface area contributed by atoms with Crippen molar-refractivity contribution in [2.45, 2.75) is 36.7 Å². The first-order chi connectivity index (χ1) is 10.2. The lowest BCUT2D eigenvalue weighted by molar-refractivity contribution is 0.0984. The number of nitrogens with one attached hydrogen (secondary N) is 1. The standard InChI is InChI=1S/C14H24N4O2S2/c1-10-9-20-7-6-18(10)12-8-11(16-13(17-12)21-4)14(2,3)22(5,15)19/h8,10,15H,6-7,9H2,1-5H3/t10-,22-/m1/s1. The lowest BCUT2D eigenvalue weighted by Gasteiger charge is -2.35. The van der Waals surface area contributed by atoms with Crippen molar-refractivity contribution < 1.29 is 8.95 Å². The maximum Gasteiger partial charge on any atom is 0.189 e. The Morgan fingerprint density at radius 3 is 2.73 bits per heavy atom. The number of anilines is 1. The van der Waals surface area contributed by atoms with Crippen molar-refractivity contribution >= 4 is 27.3 Å². The van der Waals surface area contributed by atoms with Gasteiger partial charge >= 0.3 is 0 Å². The first-order valence-electron chi connectivity index (χ1n) is 7.18. The van der Waals surface area contributed by atoms with Gasteiger partial charge in [0.25, 0.3) is 0 Å². The zero-order chi connectivity index (χ0) is 16.5. The molecule has 6 nitrogen and oxygen atoms in total. The molecule has 0 aromatic carbocycles. The van der Waals surface area contributed by atoms with E-state index in [4.69, 9.17) is 9.52 Å². The van der Waals surface area contributed by atoms with Gasteiger partial charge in [0.05, 0.1) is 39.4 Å². The van der Waals surface area contributed by atoms with E-state index in [0.717, 1.165) is 12.4 Å². The summed E-state index contributed by atoms with van der Waals surface area (Å²) in [7, 11) is -2.78. The maximum absolute atomic E-state index is 12.3. The fourth-order valence-electron chi connectivity index (χ4n) is 2.23. The molecular weight excluding hydrogens is 320 g/mol. The summed E-state index contributed by atoms with van der Waals surface area (Å²) in [4.78, 5) is 11.3. The number of nitrogens with zero attached hydrogens (tertiary/aromatic N) is 3. The van der Waals surface area contributed by atoms with Gasteiger partial charge in [-0.15, -0.1) is 0 Å². The van der Waals surface area contributed by atoms with Gasteiger partial charge in [0.15, 0.2) is 5.16 Å². The summed E-state index contributed by atoms with van der Waals surface area (Å²) in [6.45, 7) is 7.82. The predicted octanol–water partition coefficient (Wildman–Crippen LogP) is 2.34. The Kier molecular flexibility index (Phi) is 5.03. The SMILES string of the molecule is CSc1nc(N2CCOC[C@H]2C)cc(C(C)(C)[S@](C)(=N)=O)n1. The molecule has 1 aromatic heterocycles. The molecule has 1 saturated heterocycles. The Morgan fingerprint density at radius 2 is 2.18 bits per heavy atom. The van der Waals surface area contributed by atoms with Crippen LogP contribution in [-0.4, -0.2) is 52.5 Å². The molecule has 0 aliphatic carbocycles. The van der Waals surface area contributed by atoms with E-state index in [-0.39, 0.29) is 6.04 Å². The molecule has 1 aliphatic rings. The van der Waals surface area contributed by atoms with Gasteiger partial charge in [0.2, 0.25) is 0 Å². The van der Waals surface area contributed by atoms with E-state index >= 15 is 0 Å². The number of hydrogen-bond donors (Lipinski definition) is 1. The van der Waals surface area contributed by atoms with Gasteiger partial charge in [-0.2, -0.15) is 0 Å². The van der Waals surface area contributed by atoms with Crippen molar-refractivity contribution in [1.29, 1.82) is 4.78 Å². The molecule has 0 unspecified atom stereocenters. The molecule has 2 heterocycles. The number of rotatable bonds is 4. The average molecular weight is 345 g/mol. The van der Waals surface area contributed by atoms with Crippen LogP contribution in [0.1, 0.15) is 26.5 Å². The summed E-state index contributed by atoms with van der Waals surface area (Å²) in [6, 6.07) is 2.11. The zero-order valence-corrected chi connectivity index (χ0v) is 15.4. The van der Waals surface area contributed by atoms with Crippen molar-refractivity contribution in [3.05, 3.63) is 11.8 Å². The van der Waals surface area contributed by atoms with Crippen molar-refractivity contribution in [1.82, 2.24) is 9.97 Å². The second-order valence-electron chi connectivity index (χ2n) is 6.07. The Hall–Kier alpha value is -0.860.